The van der Waals surface area contributed by atoms with Crippen molar-refractivity contribution in [1.29, 1.82) is 5.41 Å². The number of allylic oxidation sites excluding steroid dienone is 1. The molecule has 0 atom stereocenters. The van der Waals surface area contributed by atoms with E-state index >= 15 is 0 Å². The summed E-state index contributed by atoms with van der Waals surface area (Å²) in [5.74, 6) is 2.76. The largest absolute Gasteiger partial charge is 0.495 e. The summed E-state index contributed by atoms with van der Waals surface area (Å²) in [4.78, 5) is 25.4. The number of carbonyl (C=O) groups excluding carboxylic acids is 1. The van der Waals surface area contributed by atoms with E-state index in [1.54, 1.807) is 13.3 Å². The lowest BCUT2D eigenvalue weighted by molar-refractivity contribution is -0.123. The normalized spacial score (nSPS) is 22.3. The Bertz CT molecular complexity index is 1180. The van der Waals surface area contributed by atoms with E-state index in [2.05, 4.69) is 11.4 Å². The molecule has 1 amide bonds. The number of hydrogen-bond donors (Lipinski definition) is 2. The van der Waals surface area contributed by atoms with E-state index in [-0.39, 0.29) is 11.8 Å². The van der Waals surface area contributed by atoms with Crippen LogP contribution in [0.5, 0.6) is 5.75 Å². The van der Waals surface area contributed by atoms with Crippen LogP contribution in [0.15, 0.2) is 36.7 Å². The van der Waals surface area contributed by atoms with Crippen LogP contribution in [0.3, 0.4) is 0 Å². The van der Waals surface area contributed by atoms with Gasteiger partial charge in [-0.1, -0.05) is 19.3 Å². The van der Waals surface area contributed by atoms with Gasteiger partial charge >= 0.3 is 0 Å². The summed E-state index contributed by atoms with van der Waals surface area (Å²) in [6.07, 6.45) is 17.2. The molecule has 0 bridgehead atoms. The van der Waals surface area contributed by atoms with E-state index in [0.717, 1.165) is 85.5 Å². The number of nitrogens with zero attached hydrogens (tertiary/aromatic N) is 3. The summed E-state index contributed by atoms with van der Waals surface area (Å²) in [5, 5.41) is 11.4. The second-order valence-electron chi connectivity index (χ2n) is 11.6. The zero-order chi connectivity index (χ0) is 27.2. The molecule has 5 rings (SSSR count). The van der Waals surface area contributed by atoms with Crippen LogP contribution in [0.2, 0.25) is 0 Å². The molecule has 3 aliphatic rings. The first-order valence-corrected chi connectivity index (χ1v) is 14.8. The number of amides is 1. The molecule has 3 fully saturated rings. The highest BCUT2D eigenvalue weighted by molar-refractivity contribution is 6.08. The molecular formula is C32H43N5O2. The summed E-state index contributed by atoms with van der Waals surface area (Å²) in [5.41, 5.74) is 3.84. The summed E-state index contributed by atoms with van der Waals surface area (Å²) in [6.45, 7) is 2.71. The maximum Gasteiger partial charge on any atom is 0.231 e. The van der Waals surface area contributed by atoms with Gasteiger partial charge in [-0.05, 0) is 94.0 Å². The van der Waals surface area contributed by atoms with Crippen LogP contribution in [0.25, 0.3) is 5.57 Å². The minimum absolute atomic E-state index is 0.0845. The fourth-order valence-electron chi connectivity index (χ4n) is 6.19. The molecule has 0 saturated heterocycles. The van der Waals surface area contributed by atoms with Gasteiger partial charge in [0.15, 0.2) is 0 Å². The molecule has 0 spiro atoms. The fraction of sp³-hybridized carbons (Fsp3) is 0.562. The van der Waals surface area contributed by atoms with Crippen LogP contribution in [0.1, 0.15) is 93.5 Å². The minimum atomic E-state index is 0.0845. The van der Waals surface area contributed by atoms with Gasteiger partial charge in [-0.2, -0.15) is 0 Å². The average molecular weight is 530 g/mol. The second kappa shape index (κ2) is 12.8. The van der Waals surface area contributed by atoms with Gasteiger partial charge in [0.25, 0.3) is 0 Å². The van der Waals surface area contributed by atoms with Crippen molar-refractivity contribution in [2.75, 3.05) is 18.6 Å². The Hall–Kier alpha value is -3.22. The minimum Gasteiger partial charge on any atom is -0.495 e. The van der Waals surface area contributed by atoms with Gasteiger partial charge in [0.2, 0.25) is 5.91 Å². The first kappa shape index (κ1) is 27.4. The molecule has 0 aromatic carbocycles. The van der Waals surface area contributed by atoms with Crippen molar-refractivity contribution in [2.45, 2.75) is 89.5 Å². The van der Waals surface area contributed by atoms with Gasteiger partial charge in [0.1, 0.15) is 11.6 Å². The van der Waals surface area contributed by atoms with E-state index in [1.807, 2.05) is 36.2 Å². The number of pyridine rings is 2. The van der Waals surface area contributed by atoms with E-state index in [1.165, 1.54) is 25.5 Å². The molecule has 0 aliphatic heterocycles. The number of aromatic nitrogens is 2. The molecule has 0 radical (unpaired) electrons. The lowest BCUT2D eigenvalue weighted by atomic mass is 9.79. The van der Waals surface area contributed by atoms with Crippen molar-refractivity contribution in [3.63, 3.8) is 0 Å². The molecule has 7 nitrogen and oxygen atoms in total. The van der Waals surface area contributed by atoms with Crippen molar-refractivity contribution >= 4 is 23.5 Å². The highest BCUT2D eigenvalue weighted by Crippen LogP contribution is 2.37. The van der Waals surface area contributed by atoms with Crippen molar-refractivity contribution in [3.05, 3.63) is 53.6 Å². The van der Waals surface area contributed by atoms with Crippen LogP contribution >= 0.6 is 0 Å². The smallest absolute Gasteiger partial charge is 0.231 e. The number of anilines is 1. The van der Waals surface area contributed by atoms with Crippen molar-refractivity contribution < 1.29 is 9.53 Å². The third-order valence-corrected chi connectivity index (χ3v) is 8.77. The molecule has 0 unspecified atom stereocenters. The molecule has 2 aromatic heterocycles. The average Bonchev–Trinajstić information content (AvgIpc) is 3.81. The summed E-state index contributed by atoms with van der Waals surface area (Å²) >= 11 is 0. The number of hydrogen-bond acceptors (Lipinski definition) is 6. The SMILES string of the molecule is COc1ccc(C2CCC(CN(C(=O)C3CCCCC3)c3cc(/C(C=N)=C/NC4CC4)ccn3)CC2)nc1C. The maximum absolute atomic E-state index is 13.9. The van der Waals surface area contributed by atoms with Crippen molar-refractivity contribution in [3.8, 4) is 5.75 Å². The molecule has 208 valence electrons. The molecule has 2 aromatic rings. The number of rotatable bonds is 10. The van der Waals surface area contributed by atoms with Crippen molar-refractivity contribution in [1.82, 2.24) is 15.3 Å². The Kier molecular flexibility index (Phi) is 8.95. The summed E-state index contributed by atoms with van der Waals surface area (Å²) in [6, 6.07) is 8.61. The van der Waals surface area contributed by atoms with Crippen LogP contribution < -0.4 is 15.0 Å². The van der Waals surface area contributed by atoms with E-state index in [4.69, 9.17) is 20.1 Å². The zero-order valence-corrected chi connectivity index (χ0v) is 23.5. The lowest BCUT2D eigenvalue weighted by Crippen LogP contribution is -2.41. The van der Waals surface area contributed by atoms with Gasteiger partial charge < -0.3 is 15.5 Å². The Morgan fingerprint density at radius 1 is 1.08 bits per heavy atom. The fourth-order valence-corrected chi connectivity index (χ4v) is 6.19. The van der Waals surface area contributed by atoms with Gasteiger partial charge in [0, 0.05) is 54.3 Å². The monoisotopic (exact) mass is 529 g/mol. The maximum atomic E-state index is 13.9. The molecule has 7 heteroatoms. The third kappa shape index (κ3) is 6.87. The van der Waals surface area contributed by atoms with Crippen LogP contribution in [-0.4, -0.2) is 41.8 Å². The van der Waals surface area contributed by atoms with Crippen LogP contribution in [0, 0.1) is 24.2 Å². The van der Waals surface area contributed by atoms with E-state index in [9.17, 15) is 4.79 Å². The Labute approximate surface area is 233 Å². The summed E-state index contributed by atoms with van der Waals surface area (Å²) in [7, 11) is 1.69. The first-order chi connectivity index (χ1) is 19.1. The molecular weight excluding hydrogens is 486 g/mol. The number of carbonyl (C=O) groups is 1. The van der Waals surface area contributed by atoms with Crippen molar-refractivity contribution in [2.24, 2.45) is 11.8 Å². The van der Waals surface area contributed by atoms with Gasteiger partial charge in [0.05, 0.1) is 12.8 Å². The Balaban J connectivity index is 1.31. The zero-order valence-electron chi connectivity index (χ0n) is 23.5. The lowest BCUT2D eigenvalue weighted by Gasteiger charge is -2.34. The summed E-state index contributed by atoms with van der Waals surface area (Å²) < 4.78 is 5.39. The predicted molar refractivity (Wildman–Crippen MR) is 156 cm³/mol. The van der Waals surface area contributed by atoms with Gasteiger partial charge in [-0.25, -0.2) is 4.98 Å². The molecule has 39 heavy (non-hydrogen) atoms. The Morgan fingerprint density at radius 3 is 2.51 bits per heavy atom. The first-order valence-electron chi connectivity index (χ1n) is 14.8. The number of nitrogens with one attached hydrogen (secondary N) is 2. The Morgan fingerprint density at radius 2 is 1.85 bits per heavy atom. The van der Waals surface area contributed by atoms with Gasteiger partial charge in [-0.15, -0.1) is 0 Å². The van der Waals surface area contributed by atoms with Crippen LogP contribution in [-0.2, 0) is 4.79 Å². The topological polar surface area (TPSA) is 91.2 Å². The third-order valence-electron chi connectivity index (χ3n) is 8.77. The highest BCUT2D eigenvalue weighted by atomic mass is 16.5. The van der Waals surface area contributed by atoms with Crippen LogP contribution in [0.4, 0.5) is 5.82 Å². The highest BCUT2D eigenvalue weighted by Gasteiger charge is 2.32. The number of methoxy groups -OCH3 is 1. The quantitative estimate of drug-likeness (QED) is 0.346. The standard InChI is InChI=1S/C32H43N5O2/c1-22-30(39-2)15-14-29(36-22)24-10-8-23(9-11-24)21-37(32(38)25-6-4-3-5-7-25)31-18-26(16-17-34-31)27(19-33)20-35-28-12-13-28/h14-20,23-25,28,33,35H,3-13,21H2,1-2H3/b27-20+,33-19?. The van der Waals surface area contributed by atoms with Gasteiger partial charge in [-0.3, -0.25) is 14.7 Å². The van der Waals surface area contributed by atoms with E-state index in [0.29, 0.717) is 24.4 Å². The molecule has 3 aliphatic carbocycles. The number of aryl methyl sites for hydroxylation is 1. The molecule has 2 heterocycles. The molecule has 3 saturated carbocycles. The molecule has 2 N–H and O–H groups in total. The second-order valence-corrected chi connectivity index (χ2v) is 11.6. The van der Waals surface area contributed by atoms with E-state index < -0.39 is 0 Å². The number of ether oxygens (including phenoxy) is 1. The predicted octanol–water partition coefficient (Wildman–Crippen LogP) is 6.42.